The van der Waals surface area contributed by atoms with Crippen molar-refractivity contribution in [1.29, 1.82) is 0 Å². The molecule has 0 heterocycles. The lowest BCUT2D eigenvalue weighted by atomic mass is 9.85. The Kier molecular flexibility index (Phi) is 2.94. The summed E-state index contributed by atoms with van der Waals surface area (Å²) in [4.78, 5) is 0. The fourth-order valence-corrected chi connectivity index (χ4v) is 2.10. The Bertz CT molecular complexity index is 413. The van der Waals surface area contributed by atoms with Crippen LogP contribution in [0.2, 0.25) is 0 Å². The normalized spacial score (nSPS) is 17.9. The van der Waals surface area contributed by atoms with Gasteiger partial charge in [0.25, 0.3) is 0 Å². The van der Waals surface area contributed by atoms with Gasteiger partial charge in [-0.25, -0.2) is 0 Å². The SMILES string of the molecule is COc1ccc(C(C)(C)C)cc1CC1(N)CC1. The molecule has 2 heteroatoms. The summed E-state index contributed by atoms with van der Waals surface area (Å²) < 4.78 is 5.43. The van der Waals surface area contributed by atoms with E-state index in [9.17, 15) is 0 Å². The van der Waals surface area contributed by atoms with Gasteiger partial charge in [-0.15, -0.1) is 0 Å². The molecule has 0 aromatic heterocycles. The quantitative estimate of drug-likeness (QED) is 0.871. The van der Waals surface area contributed by atoms with Crippen LogP contribution < -0.4 is 10.5 Å². The summed E-state index contributed by atoms with van der Waals surface area (Å²) in [6.07, 6.45) is 3.20. The third-order valence-corrected chi connectivity index (χ3v) is 3.58. The van der Waals surface area contributed by atoms with Crippen molar-refractivity contribution in [2.24, 2.45) is 5.73 Å². The van der Waals surface area contributed by atoms with Crippen LogP contribution in [0.25, 0.3) is 0 Å². The molecule has 0 unspecified atom stereocenters. The van der Waals surface area contributed by atoms with Gasteiger partial charge < -0.3 is 10.5 Å². The summed E-state index contributed by atoms with van der Waals surface area (Å²) in [5.41, 5.74) is 9.01. The molecule has 2 rings (SSSR count). The molecule has 0 amide bonds. The maximum Gasteiger partial charge on any atom is 0.122 e. The zero-order chi connectivity index (χ0) is 12.7. The van der Waals surface area contributed by atoms with Crippen molar-refractivity contribution in [3.63, 3.8) is 0 Å². The van der Waals surface area contributed by atoms with E-state index >= 15 is 0 Å². The van der Waals surface area contributed by atoms with Gasteiger partial charge in [-0.2, -0.15) is 0 Å². The lowest BCUT2D eigenvalue weighted by molar-refractivity contribution is 0.406. The second-order valence-corrected chi connectivity index (χ2v) is 6.32. The molecule has 0 spiro atoms. The first-order chi connectivity index (χ1) is 7.84. The first kappa shape index (κ1) is 12.4. The second-order valence-electron chi connectivity index (χ2n) is 6.32. The van der Waals surface area contributed by atoms with Gasteiger partial charge in [0.05, 0.1) is 7.11 Å². The monoisotopic (exact) mass is 233 g/mol. The van der Waals surface area contributed by atoms with Gasteiger partial charge in [-0.3, -0.25) is 0 Å². The molecular weight excluding hydrogens is 210 g/mol. The summed E-state index contributed by atoms with van der Waals surface area (Å²) in [5, 5.41) is 0. The number of hydrogen-bond donors (Lipinski definition) is 1. The van der Waals surface area contributed by atoms with E-state index < -0.39 is 0 Å². The molecular formula is C15H23NO. The molecule has 1 saturated carbocycles. The zero-order valence-electron chi connectivity index (χ0n) is 11.3. The van der Waals surface area contributed by atoms with E-state index in [0.717, 1.165) is 25.0 Å². The van der Waals surface area contributed by atoms with E-state index in [4.69, 9.17) is 10.5 Å². The fraction of sp³-hybridized carbons (Fsp3) is 0.600. The number of rotatable bonds is 3. The summed E-state index contributed by atoms with van der Waals surface area (Å²) in [7, 11) is 1.73. The van der Waals surface area contributed by atoms with Crippen LogP contribution in [-0.4, -0.2) is 12.6 Å². The summed E-state index contributed by atoms with van der Waals surface area (Å²) in [6, 6.07) is 6.48. The molecule has 0 aliphatic heterocycles. The van der Waals surface area contributed by atoms with E-state index in [0.29, 0.717) is 0 Å². The van der Waals surface area contributed by atoms with Gasteiger partial charge in [-0.1, -0.05) is 32.9 Å². The van der Waals surface area contributed by atoms with E-state index in [1.165, 1.54) is 11.1 Å². The lowest BCUT2D eigenvalue weighted by Crippen LogP contribution is -2.25. The average Bonchev–Trinajstić information content (AvgIpc) is 2.94. The minimum Gasteiger partial charge on any atom is -0.496 e. The molecule has 2 N–H and O–H groups in total. The van der Waals surface area contributed by atoms with Gasteiger partial charge in [0, 0.05) is 5.54 Å². The van der Waals surface area contributed by atoms with Crippen LogP contribution in [0.3, 0.4) is 0 Å². The molecule has 0 radical (unpaired) electrons. The highest BCUT2D eigenvalue weighted by Gasteiger charge is 2.38. The van der Waals surface area contributed by atoms with E-state index in [2.05, 4.69) is 39.0 Å². The number of ether oxygens (including phenoxy) is 1. The van der Waals surface area contributed by atoms with Gasteiger partial charge in [-0.05, 0) is 41.9 Å². The van der Waals surface area contributed by atoms with Crippen LogP contribution in [0.5, 0.6) is 5.75 Å². The minimum atomic E-state index is 0.0315. The van der Waals surface area contributed by atoms with Crippen molar-refractivity contribution in [3.05, 3.63) is 29.3 Å². The smallest absolute Gasteiger partial charge is 0.122 e. The number of hydrogen-bond acceptors (Lipinski definition) is 2. The van der Waals surface area contributed by atoms with Crippen molar-refractivity contribution in [1.82, 2.24) is 0 Å². The predicted octanol–water partition coefficient (Wildman–Crippen LogP) is 3.03. The van der Waals surface area contributed by atoms with Crippen molar-refractivity contribution in [3.8, 4) is 5.75 Å². The number of nitrogens with two attached hydrogens (primary N) is 1. The van der Waals surface area contributed by atoms with Crippen molar-refractivity contribution >= 4 is 0 Å². The summed E-state index contributed by atoms with van der Waals surface area (Å²) in [6.45, 7) is 6.69. The van der Waals surface area contributed by atoms with Gasteiger partial charge >= 0.3 is 0 Å². The summed E-state index contributed by atoms with van der Waals surface area (Å²) in [5.74, 6) is 0.967. The maximum absolute atomic E-state index is 6.21. The Hall–Kier alpha value is -1.02. The zero-order valence-corrected chi connectivity index (χ0v) is 11.3. The standard InChI is InChI=1S/C15H23NO/c1-14(2,3)12-5-6-13(17-4)11(9-12)10-15(16)7-8-15/h5-6,9H,7-8,10,16H2,1-4H3. The average molecular weight is 233 g/mol. The van der Waals surface area contributed by atoms with Crippen LogP contribution in [0.4, 0.5) is 0 Å². The molecule has 0 atom stereocenters. The molecule has 1 aliphatic carbocycles. The molecule has 94 valence electrons. The highest BCUT2D eigenvalue weighted by molar-refractivity contribution is 5.41. The Morgan fingerprint density at radius 1 is 1.29 bits per heavy atom. The third kappa shape index (κ3) is 2.81. The van der Waals surface area contributed by atoms with Crippen LogP contribution in [-0.2, 0) is 11.8 Å². The lowest BCUT2D eigenvalue weighted by Gasteiger charge is -2.22. The molecule has 17 heavy (non-hydrogen) atoms. The molecule has 1 aliphatic rings. The number of methoxy groups -OCH3 is 1. The topological polar surface area (TPSA) is 35.2 Å². The Morgan fingerprint density at radius 3 is 2.41 bits per heavy atom. The fourth-order valence-electron chi connectivity index (χ4n) is 2.10. The van der Waals surface area contributed by atoms with Crippen LogP contribution in [0.1, 0.15) is 44.7 Å². The Morgan fingerprint density at radius 2 is 1.94 bits per heavy atom. The largest absolute Gasteiger partial charge is 0.496 e. The van der Waals surface area contributed by atoms with Crippen LogP contribution >= 0.6 is 0 Å². The second kappa shape index (κ2) is 4.02. The maximum atomic E-state index is 6.21. The first-order valence-corrected chi connectivity index (χ1v) is 6.30. The van der Waals surface area contributed by atoms with Gasteiger partial charge in [0.1, 0.15) is 5.75 Å². The van der Waals surface area contributed by atoms with E-state index in [-0.39, 0.29) is 11.0 Å². The molecule has 0 saturated heterocycles. The van der Waals surface area contributed by atoms with Crippen molar-refractivity contribution in [2.75, 3.05) is 7.11 Å². The highest BCUT2D eigenvalue weighted by atomic mass is 16.5. The third-order valence-electron chi connectivity index (χ3n) is 3.58. The highest BCUT2D eigenvalue weighted by Crippen LogP contribution is 2.38. The molecule has 2 nitrogen and oxygen atoms in total. The van der Waals surface area contributed by atoms with Crippen LogP contribution in [0.15, 0.2) is 18.2 Å². The van der Waals surface area contributed by atoms with Gasteiger partial charge in [0.2, 0.25) is 0 Å². The van der Waals surface area contributed by atoms with Crippen molar-refractivity contribution in [2.45, 2.75) is 51.0 Å². The van der Waals surface area contributed by atoms with E-state index in [1.807, 2.05) is 0 Å². The predicted molar refractivity (Wildman–Crippen MR) is 71.6 cm³/mol. The minimum absolute atomic E-state index is 0.0315. The Labute approximate surface area is 104 Å². The molecule has 0 bridgehead atoms. The molecule has 1 aromatic rings. The van der Waals surface area contributed by atoms with E-state index in [1.54, 1.807) is 7.11 Å². The van der Waals surface area contributed by atoms with Crippen LogP contribution in [0, 0.1) is 0 Å². The molecule has 1 fully saturated rings. The Balaban J connectivity index is 2.32. The van der Waals surface area contributed by atoms with Crippen molar-refractivity contribution < 1.29 is 4.74 Å². The number of benzene rings is 1. The van der Waals surface area contributed by atoms with Gasteiger partial charge in [0.15, 0.2) is 0 Å². The summed E-state index contributed by atoms with van der Waals surface area (Å²) >= 11 is 0. The molecule has 1 aromatic carbocycles. The first-order valence-electron chi connectivity index (χ1n) is 6.30.